The highest BCUT2D eigenvalue weighted by atomic mass is 32.2. The number of hydrogen-bond donors (Lipinski definition) is 1. The summed E-state index contributed by atoms with van der Waals surface area (Å²) in [5, 5.41) is 13.1. The van der Waals surface area contributed by atoms with E-state index in [1.54, 1.807) is 18.2 Å². The van der Waals surface area contributed by atoms with Crippen LogP contribution in [0.5, 0.6) is 5.75 Å². The molecule has 0 saturated heterocycles. The fraction of sp³-hybridized carbons (Fsp3) is 0.258. The predicted octanol–water partition coefficient (Wildman–Crippen LogP) is 5.65. The molecule has 1 aromatic heterocycles. The zero-order chi connectivity index (χ0) is 31.4. The topological polar surface area (TPSA) is 119 Å². The van der Waals surface area contributed by atoms with Crippen LogP contribution < -0.4 is 9.64 Å². The number of fused-ring (bicyclic) bond motifs is 2. The molecule has 0 saturated carbocycles. The van der Waals surface area contributed by atoms with E-state index in [0.717, 1.165) is 4.68 Å². The summed E-state index contributed by atoms with van der Waals surface area (Å²) in [7, 11) is -1.93. The maximum Gasteiger partial charge on any atom is 0.435 e. The number of aromatic nitrogens is 2. The third-order valence-corrected chi connectivity index (χ3v) is 9.72. The maximum atomic E-state index is 14.2. The Bertz CT molecular complexity index is 1900. The van der Waals surface area contributed by atoms with Crippen molar-refractivity contribution in [1.29, 1.82) is 0 Å². The lowest BCUT2D eigenvalue weighted by atomic mass is 9.92. The van der Waals surface area contributed by atoms with Crippen molar-refractivity contribution in [3.63, 3.8) is 0 Å². The van der Waals surface area contributed by atoms with Gasteiger partial charge in [0.1, 0.15) is 11.9 Å². The van der Waals surface area contributed by atoms with Gasteiger partial charge in [-0.15, -0.1) is 0 Å². The molecule has 228 valence electrons. The van der Waals surface area contributed by atoms with Gasteiger partial charge in [0.25, 0.3) is 5.91 Å². The van der Waals surface area contributed by atoms with Gasteiger partial charge in [-0.05, 0) is 85.8 Å². The molecule has 6 rings (SSSR count). The van der Waals surface area contributed by atoms with Gasteiger partial charge in [0.2, 0.25) is 0 Å². The Morgan fingerprint density at radius 2 is 1.77 bits per heavy atom. The molecule has 44 heavy (non-hydrogen) atoms. The van der Waals surface area contributed by atoms with Gasteiger partial charge in [-0.25, -0.2) is 17.9 Å². The van der Waals surface area contributed by atoms with Crippen LogP contribution in [-0.2, 0) is 28.9 Å². The Balaban J connectivity index is 1.36. The molecule has 4 aromatic rings. The number of aromatic carboxylic acids is 1. The first-order chi connectivity index (χ1) is 20.8. The van der Waals surface area contributed by atoms with Crippen LogP contribution in [0.25, 0.3) is 5.69 Å². The van der Waals surface area contributed by atoms with E-state index in [9.17, 15) is 36.3 Å². The first-order valence-corrected chi connectivity index (χ1v) is 15.4. The summed E-state index contributed by atoms with van der Waals surface area (Å²) in [5.41, 5.74) is 0.636. The molecule has 1 aliphatic heterocycles. The minimum absolute atomic E-state index is 0.00380. The van der Waals surface area contributed by atoms with Gasteiger partial charge in [0, 0.05) is 23.9 Å². The molecule has 1 atom stereocenters. The lowest BCUT2D eigenvalue weighted by Crippen LogP contribution is -2.26. The van der Waals surface area contributed by atoms with Crippen molar-refractivity contribution in [3.05, 3.63) is 100 Å². The molecule has 13 heteroatoms. The van der Waals surface area contributed by atoms with E-state index in [1.165, 1.54) is 60.5 Å². The van der Waals surface area contributed by atoms with Gasteiger partial charge in [-0.1, -0.05) is 12.1 Å². The first kappa shape index (κ1) is 29.4. The lowest BCUT2D eigenvalue weighted by molar-refractivity contribution is -0.142. The van der Waals surface area contributed by atoms with Crippen molar-refractivity contribution in [2.45, 2.75) is 42.9 Å². The summed E-state index contributed by atoms with van der Waals surface area (Å²) < 4.78 is 74.5. The SMILES string of the molecule is CN(C(=O)c1cccc(-n2nc(C(F)(F)F)c3c2C(Oc2ccc(C(=O)O)cc2)CCC3)c1)c1ccc2c(c1)S(=O)(=O)CC2. The number of nitrogens with zero attached hydrogens (tertiary/aromatic N) is 3. The molecule has 0 spiro atoms. The molecule has 1 aliphatic carbocycles. The Morgan fingerprint density at radius 1 is 1.02 bits per heavy atom. The average Bonchev–Trinajstić information content (AvgIpc) is 3.55. The molecule has 0 radical (unpaired) electrons. The van der Waals surface area contributed by atoms with Crippen molar-refractivity contribution in [2.24, 2.45) is 0 Å². The maximum absolute atomic E-state index is 14.2. The van der Waals surface area contributed by atoms with Crippen molar-refractivity contribution in [2.75, 3.05) is 17.7 Å². The van der Waals surface area contributed by atoms with Gasteiger partial charge >= 0.3 is 12.1 Å². The van der Waals surface area contributed by atoms with Gasteiger partial charge < -0.3 is 14.7 Å². The fourth-order valence-electron chi connectivity index (χ4n) is 5.70. The molecule has 9 nitrogen and oxygen atoms in total. The number of carbonyl (C=O) groups is 2. The molecular weight excluding hydrogens is 599 g/mol. The highest BCUT2D eigenvalue weighted by molar-refractivity contribution is 7.91. The number of alkyl halides is 3. The smallest absolute Gasteiger partial charge is 0.435 e. The van der Waals surface area contributed by atoms with Crippen molar-refractivity contribution >= 4 is 27.4 Å². The molecule has 2 aliphatic rings. The van der Waals surface area contributed by atoms with Crippen LogP contribution in [0.15, 0.2) is 71.6 Å². The molecule has 0 bridgehead atoms. The highest BCUT2D eigenvalue weighted by Crippen LogP contribution is 2.42. The summed E-state index contributed by atoms with van der Waals surface area (Å²) in [6.07, 6.45) is -4.22. The van der Waals surface area contributed by atoms with Crippen LogP contribution in [0.2, 0.25) is 0 Å². The zero-order valence-corrected chi connectivity index (χ0v) is 24.2. The molecule has 1 amide bonds. The van der Waals surface area contributed by atoms with Crippen molar-refractivity contribution in [1.82, 2.24) is 9.78 Å². The van der Waals surface area contributed by atoms with E-state index in [-0.39, 0.29) is 50.9 Å². The van der Waals surface area contributed by atoms with E-state index in [0.29, 0.717) is 30.5 Å². The number of carboxylic acids is 1. The van der Waals surface area contributed by atoms with Gasteiger partial charge in [-0.3, -0.25) is 4.79 Å². The monoisotopic (exact) mass is 625 g/mol. The third-order valence-electron chi connectivity index (χ3n) is 7.92. The summed E-state index contributed by atoms with van der Waals surface area (Å²) in [6.45, 7) is 0. The van der Waals surface area contributed by atoms with Crippen LogP contribution in [0, 0.1) is 0 Å². The second-order valence-corrected chi connectivity index (χ2v) is 12.8. The number of carbonyl (C=O) groups excluding carboxylic acids is 1. The molecule has 3 aromatic carbocycles. The van der Waals surface area contributed by atoms with Gasteiger partial charge in [-0.2, -0.15) is 18.3 Å². The Morgan fingerprint density at radius 3 is 2.48 bits per heavy atom. The predicted molar refractivity (Wildman–Crippen MR) is 153 cm³/mol. The molecule has 0 fully saturated rings. The van der Waals surface area contributed by atoms with E-state index in [2.05, 4.69) is 5.10 Å². The molecule has 2 heterocycles. The van der Waals surface area contributed by atoms with Crippen LogP contribution >= 0.6 is 0 Å². The third kappa shape index (κ3) is 5.32. The Labute approximate surface area is 250 Å². The number of sulfone groups is 1. The molecule has 1 N–H and O–H groups in total. The average molecular weight is 626 g/mol. The van der Waals surface area contributed by atoms with Gasteiger partial charge in [0.15, 0.2) is 15.5 Å². The van der Waals surface area contributed by atoms with E-state index >= 15 is 0 Å². The minimum Gasteiger partial charge on any atom is -0.484 e. The molecule has 1 unspecified atom stereocenters. The number of anilines is 1. The number of rotatable bonds is 6. The van der Waals surface area contributed by atoms with E-state index in [1.807, 2.05) is 0 Å². The second kappa shape index (κ2) is 10.8. The normalized spacial score (nSPS) is 17.0. The lowest BCUT2D eigenvalue weighted by Gasteiger charge is -2.26. The summed E-state index contributed by atoms with van der Waals surface area (Å²) in [6, 6.07) is 16.4. The number of hydrogen-bond acceptors (Lipinski definition) is 6. The number of benzene rings is 3. The number of carboxylic acid groups (broad SMARTS) is 1. The zero-order valence-electron chi connectivity index (χ0n) is 23.3. The molecular formula is C31H26F3N3O6S. The minimum atomic E-state index is -4.73. The van der Waals surface area contributed by atoms with Crippen LogP contribution in [0.4, 0.5) is 18.9 Å². The van der Waals surface area contributed by atoms with Crippen molar-refractivity contribution in [3.8, 4) is 11.4 Å². The summed E-state index contributed by atoms with van der Waals surface area (Å²) >= 11 is 0. The summed E-state index contributed by atoms with van der Waals surface area (Å²) in [4.78, 5) is 26.2. The Kier molecular flexibility index (Phi) is 7.23. The highest BCUT2D eigenvalue weighted by Gasteiger charge is 2.42. The number of aryl methyl sites for hydroxylation is 1. The van der Waals surface area contributed by atoms with Crippen molar-refractivity contribution < 1.29 is 41.0 Å². The first-order valence-electron chi connectivity index (χ1n) is 13.8. The number of halogens is 3. The fourth-order valence-corrected chi connectivity index (χ4v) is 7.28. The van der Waals surface area contributed by atoms with E-state index in [4.69, 9.17) is 4.74 Å². The van der Waals surface area contributed by atoms with Crippen LogP contribution in [-0.4, -0.2) is 48.0 Å². The van der Waals surface area contributed by atoms with Gasteiger partial charge in [0.05, 0.1) is 27.6 Å². The number of ether oxygens (including phenoxy) is 1. The quantitative estimate of drug-likeness (QED) is 0.294. The van der Waals surface area contributed by atoms with Crippen LogP contribution in [0.3, 0.4) is 0 Å². The van der Waals surface area contributed by atoms with E-state index < -0.39 is 39.7 Å². The summed E-state index contributed by atoms with van der Waals surface area (Å²) in [5.74, 6) is -1.31. The Hall–Kier alpha value is -4.65. The van der Waals surface area contributed by atoms with Crippen LogP contribution in [0.1, 0.15) is 62.2 Å². The standard InChI is InChI=1S/C31H26F3N3O6S/c1-36(21-11-8-18-14-15-44(41,42)26(18)17-21)29(38)20-4-2-5-22(16-20)37-27-24(28(35-37)31(32,33)34)6-3-7-25(27)43-23-12-9-19(10-13-23)30(39)40/h2,4-5,8-13,16-17,25H,3,6-7,14-15H2,1H3,(H,39,40). The second-order valence-electron chi connectivity index (χ2n) is 10.7. The largest absolute Gasteiger partial charge is 0.484 e. The number of amides is 1.